The van der Waals surface area contributed by atoms with Crippen molar-refractivity contribution in [3.63, 3.8) is 0 Å². The summed E-state index contributed by atoms with van der Waals surface area (Å²) in [5.74, 6) is -0.158. The topological polar surface area (TPSA) is 33.7 Å². The molecule has 1 aliphatic heterocycles. The van der Waals surface area contributed by atoms with E-state index in [1.54, 1.807) is 13.2 Å². The second-order valence-corrected chi connectivity index (χ2v) is 4.51. The highest BCUT2D eigenvalue weighted by Gasteiger charge is 2.16. The van der Waals surface area contributed by atoms with E-state index in [9.17, 15) is 4.39 Å². The van der Waals surface area contributed by atoms with E-state index in [2.05, 4.69) is 10.2 Å². The number of nitrogens with one attached hydrogen (secondary N) is 1. The van der Waals surface area contributed by atoms with Gasteiger partial charge in [-0.15, -0.1) is 0 Å². The van der Waals surface area contributed by atoms with E-state index in [1.807, 2.05) is 6.07 Å². The molecule has 4 nitrogen and oxygen atoms in total. The number of hydrogen-bond acceptors (Lipinski definition) is 4. The fraction of sp³-hybridized carbons (Fsp3) is 0.571. The lowest BCUT2D eigenvalue weighted by Gasteiger charge is -2.30. The summed E-state index contributed by atoms with van der Waals surface area (Å²) in [6.45, 7) is 4.89. The second-order valence-electron chi connectivity index (χ2n) is 4.51. The minimum atomic E-state index is -0.158. The molecule has 2 rings (SSSR count). The number of methoxy groups -OCH3 is 1. The summed E-state index contributed by atoms with van der Waals surface area (Å²) in [6.07, 6.45) is 0. The standard InChI is InChI=1S/C14H21FN2O2/c1-18-8-5-16-11-12-13(15)3-2-4-14(12)17-6-9-19-10-7-17/h2-4,16H,5-11H2,1H3. The number of rotatable bonds is 6. The molecule has 1 aromatic carbocycles. The molecule has 0 aromatic heterocycles. The normalized spacial score (nSPS) is 15.8. The Labute approximate surface area is 113 Å². The van der Waals surface area contributed by atoms with Gasteiger partial charge in [0.2, 0.25) is 0 Å². The van der Waals surface area contributed by atoms with Gasteiger partial charge in [-0.3, -0.25) is 0 Å². The lowest BCUT2D eigenvalue weighted by Crippen LogP contribution is -2.37. The maximum Gasteiger partial charge on any atom is 0.129 e. The van der Waals surface area contributed by atoms with Crippen LogP contribution in [0.5, 0.6) is 0 Å². The van der Waals surface area contributed by atoms with Gasteiger partial charge in [0.05, 0.1) is 19.8 Å². The lowest BCUT2D eigenvalue weighted by atomic mass is 10.1. The quantitative estimate of drug-likeness (QED) is 0.791. The molecular formula is C14H21FN2O2. The first-order valence-corrected chi connectivity index (χ1v) is 6.62. The zero-order valence-electron chi connectivity index (χ0n) is 11.3. The lowest BCUT2D eigenvalue weighted by molar-refractivity contribution is 0.122. The predicted molar refractivity (Wildman–Crippen MR) is 73.0 cm³/mol. The van der Waals surface area contributed by atoms with Crippen LogP contribution in [0.2, 0.25) is 0 Å². The van der Waals surface area contributed by atoms with Crippen molar-refractivity contribution < 1.29 is 13.9 Å². The van der Waals surface area contributed by atoms with Crippen molar-refractivity contribution in [1.82, 2.24) is 5.32 Å². The first-order valence-electron chi connectivity index (χ1n) is 6.62. The van der Waals surface area contributed by atoms with Crippen molar-refractivity contribution in [2.75, 3.05) is 51.5 Å². The van der Waals surface area contributed by atoms with Crippen LogP contribution in [0.3, 0.4) is 0 Å². The molecule has 0 amide bonds. The molecule has 0 atom stereocenters. The third-order valence-electron chi connectivity index (χ3n) is 3.23. The molecule has 0 unspecified atom stereocenters. The summed E-state index contributed by atoms with van der Waals surface area (Å²) in [7, 11) is 1.66. The van der Waals surface area contributed by atoms with Crippen LogP contribution in [-0.2, 0) is 16.0 Å². The Balaban J connectivity index is 2.06. The van der Waals surface area contributed by atoms with E-state index in [-0.39, 0.29) is 5.82 Å². The van der Waals surface area contributed by atoms with Gasteiger partial charge in [-0.2, -0.15) is 0 Å². The van der Waals surface area contributed by atoms with Crippen molar-refractivity contribution in [2.24, 2.45) is 0 Å². The Kier molecular flexibility index (Phi) is 5.57. The first kappa shape index (κ1) is 14.2. The number of anilines is 1. The van der Waals surface area contributed by atoms with Crippen molar-refractivity contribution in [3.05, 3.63) is 29.6 Å². The van der Waals surface area contributed by atoms with E-state index in [0.717, 1.165) is 24.3 Å². The van der Waals surface area contributed by atoms with Gasteiger partial charge in [0.15, 0.2) is 0 Å². The number of morpholine rings is 1. The third kappa shape index (κ3) is 3.89. The van der Waals surface area contributed by atoms with Crippen LogP contribution in [0.4, 0.5) is 10.1 Å². The van der Waals surface area contributed by atoms with Crippen LogP contribution in [-0.4, -0.2) is 46.6 Å². The number of benzene rings is 1. The fourth-order valence-corrected chi connectivity index (χ4v) is 2.21. The molecule has 106 valence electrons. The minimum Gasteiger partial charge on any atom is -0.383 e. The number of hydrogen-bond donors (Lipinski definition) is 1. The number of halogens is 1. The van der Waals surface area contributed by atoms with Crippen LogP contribution in [0, 0.1) is 5.82 Å². The van der Waals surface area contributed by atoms with Crippen LogP contribution < -0.4 is 10.2 Å². The van der Waals surface area contributed by atoms with Gasteiger partial charge in [-0.25, -0.2) is 4.39 Å². The van der Waals surface area contributed by atoms with Crippen LogP contribution >= 0.6 is 0 Å². The van der Waals surface area contributed by atoms with E-state index in [0.29, 0.717) is 32.9 Å². The minimum absolute atomic E-state index is 0.158. The zero-order chi connectivity index (χ0) is 13.5. The van der Waals surface area contributed by atoms with Gasteiger partial charge in [0.1, 0.15) is 5.82 Å². The zero-order valence-corrected chi connectivity index (χ0v) is 11.3. The Morgan fingerprint density at radius 3 is 2.89 bits per heavy atom. The molecule has 1 saturated heterocycles. The highest BCUT2D eigenvalue weighted by Crippen LogP contribution is 2.24. The van der Waals surface area contributed by atoms with Crippen molar-refractivity contribution in [3.8, 4) is 0 Å². The summed E-state index contributed by atoms with van der Waals surface area (Å²) in [5, 5.41) is 3.20. The molecule has 0 aliphatic carbocycles. The molecule has 19 heavy (non-hydrogen) atoms. The van der Waals surface area contributed by atoms with Gasteiger partial charge in [-0.05, 0) is 12.1 Å². The van der Waals surface area contributed by atoms with E-state index < -0.39 is 0 Å². The Morgan fingerprint density at radius 1 is 1.37 bits per heavy atom. The van der Waals surface area contributed by atoms with Gasteiger partial charge >= 0.3 is 0 Å². The maximum atomic E-state index is 14.0. The summed E-state index contributed by atoms with van der Waals surface area (Å²) >= 11 is 0. The van der Waals surface area contributed by atoms with Crippen LogP contribution in [0.1, 0.15) is 5.56 Å². The molecule has 5 heteroatoms. The molecule has 1 aromatic rings. The SMILES string of the molecule is COCCNCc1c(F)cccc1N1CCOCC1. The highest BCUT2D eigenvalue weighted by atomic mass is 19.1. The molecule has 1 N–H and O–H groups in total. The molecule has 0 radical (unpaired) electrons. The van der Waals surface area contributed by atoms with Gasteiger partial charge in [0.25, 0.3) is 0 Å². The van der Waals surface area contributed by atoms with Gasteiger partial charge < -0.3 is 19.7 Å². The van der Waals surface area contributed by atoms with E-state index >= 15 is 0 Å². The van der Waals surface area contributed by atoms with Crippen LogP contribution in [0.25, 0.3) is 0 Å². The molecule has 0 bridgehead atoms. The van der Waals surface area contributed by atoms with Gasteiger partial charge in [0, 0.05) is 44.5 Å². The Bertz CT molecular complexity index is 395. The number of nitrogens with zero attached hydrogens (tertiary/aromatic N) is 1. The molecule has 0 spiro atoms. The van der Waals surface area contributed by atoms with Crippen molar-refractivity contribution >= 4 is 5.69 Å². The smallest absolute Gasteiger partial charge is 0.129 e. The largest absolute Gasteiger partial charge is 0.383 e. The average Bonchev–Trinajstić information content (AvgIpc) is 2.46. The monoisotopic (exact) mass is 268 g/mol. The molecule has 0 saturated carbocycles. The average molecular weight is 268 g/mol. The molecular weight excluding hydrogens is 247 g/mol. The Morgan fingerprint density at radius 2 is 2.16 bits per heavy atom. The second kappa shape index (κ2) is 7.43. The third-order valence-corrected chi connectivity index (χ3v) is 3.23. The van der Waals surface area contributed by atoms with Crippen molar-refractivity contribution in [2.45, 2.75) is 6.54 Å². The summed E-state index contributed by atoms with van der Waals surface area (Å²) < 4.78 is 24.3. The molecule has 1 heterocycles. The number of ether oxygens (including phenoxy) is 2. The maximum absolute atomic E-state index is 14.0. The Hall–Kier alpha value is -1.17. The summed E-state index contributed by atoms with van der Waals surface area (Å²) in [4.78, 5) is 2.18. The summed E-state index contributed by atoms with van der Waals surface area (Å²) in [5.41, 5.74) is 1.69. The van der Waals surface area contributed by atoms with Crippen LogP contribution in [0.15, 0.2) is 18.2 Å². The molecule has 1 fully saturated rings. The van der Waals surface area contributed by atoms with E-state index in [4.69, 9.17) is 9.47 Å². The van der Waals surface area contributed by atoms with E-state index in [1.165, 1.54) is 6.07 Å². The molecule has 1 aliphatic rings. The predicted octanol–water partition coefficient (Wildman–Crippen LogP) is 1.40. The van der Waals surface area contributed by atoms with Crippen molar-refractivity contribution in [1.29, 1.82) is 0 Å². The van der Waals surface area contributed by atoms with Gasteiger partial charge in [-0.1, -0.05) is 6.07 Å². The fourth-order valence-electron chi connectivity index (χ4n) is 2.21. The summed E-state index contributed by atoms with van der Waals surface area (Å²) in [6, 6.07) is 5.25. The highest BCUT2D eigenvalue weighted by molar-refractivity contribution is 5.54. The first-order chi connectivity index (χ1) is 9.33.